The Morgan fingerprint density at radius 2 is 2.11 bits per heavy atom. The molecule has 0 saturated carbocycles. The van der Waals surface area contributed by atoms with E-state index in [4.69, 9.17) is 4.52 Å². The van der Waals surface area contributed by atoms with Gasteiger partial charge in [-0.25, -0.2) is 0 Å². The topological polar surface area (TPSA) is 67.2 Å². The Balaban J connectivity index is 1.34. The van der Waals surface area contributed by atoms with E-state index in [1.165, 1.54) is 4.88 Å². The first-order valence-corrected chi connectivity index (χ1v) is 10.7. The minimum absolute atomic E-state index is 0.135. The van der Waals surface area contributed by atoms with Crippen molar-refractivity contribution in [3.63, 3.8) is 0 Å². The SMILES string of the molecule is O=C(C[C@@H]1CCNC[C@H]1Cc1cc(-c2ccccc2)on1)NCc1cccs1. The highest BCUT2D eigenvalue weighted by Gasteiger charge is 2.28. The molecule has 1 aliphatic heterocycles. The Kier molecular flexibility index (Phi) is 6.19. The van der Waals surface area contributed by atoms with Crippen molar-refractivity contribution in [1.82, 2.24) is 15.8 Å². The molecule has 2 atom stereocenters. The molecule has 0 unspecified atom stereocenters. The quantitative estimate of drug-likeness (QED) is 0.637. The predicted molar refractivity (Wildman–Crippen MR) is 111 cm³/mol. The highest BCUT2D eigenvalue weighted by atomic mass is 32.1. The van der Waals surface area contributed by atoms with Gasteiger partial charge in [-0.2, -0.15) is 0 Å². The summed E-state index contributed by atoms with van der Waals surface area (Å²) in [5.74, 6) is 1.68. The minimum atomic E-state index is 0.135. The number of piperidine rings is 1. The largest absolute Gasteiger partial charge is 0.356 e. The second-order valence-electron chi connectivity index (χ2n) is 7.33. The summed E-state index contributed by atoms with van der Waals surface area (Å²) in [6.07, 6.45) is 2.41. The molecule has 2 N–H and O–H groups in total. The summed E-state index contributed by atoms with van der Waals surface area (Å²) in [5, 5.41) is 12.8. The van der Waals surface area contributed by atoms with Gasteiger partial charge in [-0.15, -0.1) is 11.3 Å². The van der Waals surface area contributed by atoms with Crippen LogP contribution in [0.3, 0.4) is 0 Å². The van der Waals surface area contributed by atoms with E-state index < -0.39 is 0 Å². The van der Waals surface area contributed by atoms with Gasteiger partial charge in [-0.05, 0) is 49.2 Å². The number of hydrogen-bond donors (Lipinski definition) is 2. The summed E-state index contributed by atoms with van der Waals surface area (Å²) in [5.41, 5.74) is 1.99. The van der Waals surface area contributed by atoms with Crippen LogP contribution >= 0.6 is 11.3 Å². The highest BCUT2D eigenvalue weighted by Crippen LogP contribution is 2.28. The lowest BCUT2D eigenvalue weighted by Crippen LogP contribution is -2.40. The molecule has 3 heterocycles. The van der Waals surface area contributed by atoms with Gasteiger partial charge in [0.1, 0.15) is 0 Å². The molecule has 6 heteroatoms. The molecule has 0 radical (unpaired) electrons. The molecular formula is C22H25N3O2S. The third kappa shape index (κ3) is 4.88. The minimum Gasteiger partial charge on any atom is -0.356 e. The van der Waals surface area contributed by atoms with Gasteiger partial charge in [0.25, 0.3) is 0 Å². The lowest BCUT2D eigenvalue weighted by molar-refractivity contribution is -0.122. The van der Waals surface area contributed by atoms with E-state index in [9.17, 15) is 4.79 Å². The van der Waals surface area contributed by atoms with Crippen LogP contribution in [0.25, 0.3) is 11.3 Å². The molecule has 28 heavy (non-hydrogen) atoms. The first-order chi connectivity index (χ1) is 13.8. The Morgan fingerprint density at radius 3 is 2.93 bits per heavy atom. The van der Waals surface area contributed by atoms with Gasteiger partial charge in [0.15, 0.2) is 5.76 Å². The highest BCUT2D eigenvalue weighted by molar-refractivity contribution is 7.09. The van der Waals surface area contributed by atoms with E-state index in [1.807, 2.05) is 53.9 Å². The van der Waals surface area contributed by atoms with Gasteiger partial charge >= 0.3 is 0 Å². The number of carbonyl (C=O) groups is 1. The number of carbonyl (C=O) groups excluding carboxylic acids is 1. The van der Waals surface area contributed by atoms with Gasteiger partial charge < -0.3 is 15.2 Å². The third-order valence-electron chi connectivity index (χ3n) is 5.34. The molecule has 0 spiro atoms. The van der Waals surface area contributed by atoms with Crippen LogP contribution in [0.5, 0.6) is 0 Å². The number of rotatable bonds is 7. The first kappa shape index (κ1) is 18.9. The van der Waals surface area contributed by atoms with Crippen LogP contribution in [0.15, 0.2) is 58.4 Å². The zero-order valence-corrected chi connectivity index (χ0v) is 16.6. The normalized spacial score (nSPS) is 19.4. The molecule has 1 fully saturated rings. The van der Waals surface area contributed by atoms with Crippen LogP contribution in [0.1, 0.15) is 23.4 Å². The third-order valence-corrected chi connectivity index (χ3v) is 6.22. The summed E-state index contributed by atoms with van der Waals surface area (Å²) in [6.45, 7) is 2.50. The molecule has 1 amide bonds. The molecule has 0 bridgehead atoms. The van der Waals surface area contributed by atoms with E-state index in [0.717, 1.165) is 42.9 Å². The second kappa shape index (κ2) is 9.17. The van der Waals surface area contributed by atoms with E-state index in [1.54, 1.807) is 11.3 Å². The van der Waals surface area contributed by atoms with Gasteiger partial charge in [-0.3, -0.25) is 4.79 Å². The fourth-order valence-corrected chi connectivity index (χ4v) is 4.45. The molecule has 5 nitrogen and oxygen atoms in total. The Hall–Kier alpha value is -2.44. The van der Waals surface area contributed by atoms with Gasteiger partial charge in [-0.1, -0.05) is 41.6 Å². The lowest BCUT2D eigenvalue weighted by Gasteiger charge is -2.31. The van der Waals surface area contributed by atoms with Crippen LogP contribution in [0, 0.1) is 11.8 Å². The molecule has 0 aliphatic carbocycles. The Bertz CT molecular complexity index is 876. The first-order valence-electron chi connectivity index (χ1n) is 9.79. The second-order valence-corrected chi connectivity index (χ2v) is 8.36. The van der Waals surface area contributed by atoms with Gasteiger partial charge in [0.05, 0.1) is 12.2 Å². The van der Waals surface area contributed by atoms with Crippen LogP contribution < -0.4 is 10.6 Å². The number of aromatic nitrogens is 1. The maximum absolute atomic E-state index is 12.4. The zero-order chi connectivity index (χ0) is 19.2. The molecule has 1 saturated heterocycles. The monoisotopic (exact) mass is 395 g/mol. The van der Waals surface area contributed by atoms with Gasteiger partial charge in [0, 0.05) is 22.9 Å². The average Bonchev–Trinajstić information content (AvgIpc) is 3.41. The Labute approximate surface area is 169 Å². The number of nitrogens with zero attached hydrogens (tertiary/aromatic N) is 1. The van der Waals surface area contributed by atoms with Crippen molar-refractivity contribution in [3.05, 3.63) is 64.5 Å². The fraction of sp³-hybridized carbons (Fsp3) is 0.364. The molecule has 1 aliphatic rings. The van der Waals surface area contributed by atoms with Gasteiger partial charge in [0.2, 0.25) is 5.91 Å². The number of amides is 1. The van der Waals surface area contributed by atoms with Crippen molar-refractivity contribution in [3.8, 4) is 11.3 Å². The van der Waals surface area contributed by atoms with Crippen molar-refractivity contribution in [2.24, 2.45) is 11.8 Å². The average molecular weight is 396 g/mol. The van der Waals surface area contributed by atoms with Crippen LogP contribution in [0.4, 0.5) is 0 Å². The maximum atomic E-state index is 12.4. The molecule has 4 rings (SSSR count). The van der Waals surface area contributed by atoms with Crippen molar-refractivity contribution in [1.29, 1.82) is 0 Å². The van der Waals surface area contributed by atoms with Crippen molar-refractivity contribution < 1.29 is 9.32 Å². The van der Waals surface area contributed by atoms with Crippen molar-refractivity contribution >= 4 is 17.2 Å². The van der Waals surface area contributed by atoms with Crippen molar-refractivity contribution in [2.75, 3.05) is 13.1 Å². The fourth-order valence-electron chi connectivity index (χ4n) is 3.81. The standard InChI is InChI=1S/C22H25N3O2S/c26-22(24-15-20-7-4-10-28-20)12-17-8-9-23-14-18(17)11-19-13-21(27-25-19)16-5-2-1-3-6-16/h1-7,10,13,17-18,23H,8-9,11-12,14-15H2,(H,24,26)/t17-,18+/m0/s1. The maximum Gasteiger partial charge on any atom is 0.220 e. The molecule has 3 aromatic rings. The van der Waals surface area contributed by atoms with Crippen LogP contribution in [-0.2, 0) is 17.8 Å². The lowest BCUT2D eigenvalue weighted by atomic mass is 9.81. The number of benzene rings is 1. The number of thiophene rings is 1. The van der Waals surface area contributed by atoms with Crippen molar-refractivity contribution in [2.45, 2.75) is 25.8 Å². The number of nitrogens with one attached hydrogen (secondary N) is 2. The van der Waals surface area contributed by atoms with E-state index in [2.05, 4.69) is 15.8 Å². The summed E-state index contributed by atoms with van der Waals surface area (Å²) in [7, 11) is 0. The van der Waals surface area contributed by atoms with Crippen LogP contribution in [0.2, 0.25) is 0 Å². The molecular weight excluding hydrogens is 370 g/mol. The Morgan fingerprint density at radius 1 is 1.21 bits per heavy atom. The van der Waals surface area contributed by atoms with E-state index >= 15 is 0 Å². The molecule has 2 aromatic heterocycles. The molecule has 146 valence electrons. The summed E-state index contributed by atoms with van der Waals surface area (Å²) < 4.78 is 5.54. The van der Waals surface area contributed by atoms with Crippen LogP contribution in [-0.4, -0.2) is 24.2 Å². The summed E-state index contributed by atoms with van der Waals surface area (Å²) in [4.78, 5) is 13.6. The predicted octanol–water partition coefficient (Wildman–Crippen LogP) is 3.88. The summed E-state index contributed by atoms with van der Waals surface area (Å²) in [6, 6.07) is 16.1. The smallest absolute Gasteiger partial charge is 0.220 e. The summed E-state index contributed by atoms with van der Waals surface area (Å²) >= 11 is 1.67. The zero-order valence-electron chi connectivity index (χ0n) is 15.8. The number of hydrogen-bond acceptors (Lipinski definition) is 5. The van der Waals surface area contributed by atoms with E-state index in [0.29, 0.717) is 24.8 Å². The van der Waals surface area contributed by atoms with E-state index in [-0.39, 0.29) is 5.91 Å². The molecule has 1 aromatic carbocycles.